The van der Waals surface area contributed by atoms with Crippen molar-refractivity contribution >= 4 is 11.9 Å². The average molecular weight is 356 g/mol. The molecule has 2 aromatic carbocycles. The van der Waals surface area contributed by atoms with E-state index in [2.05, 4.69) is 20.8 Å². The van der Waals surface area contributed by atoms with Crippen molar-refractivity contribution in [3.05, 3.63) is 71.3 Å². The topological polar surface area (TPSA) is 74.6 Å². The van der Waals surface area contributed by atoms with E-state index in [0.29, 0.717) is 23.0 Å². The van der Waals surface area contributed by atoms with Gasteiger partial charge in [-0.15, -0.1) is 0 Å². The van der Waals surface area contributed by atoms with Crippen LogP contribution >= 0.6 is 0 Å². The minimum absolute atomic E-state index is 0.331. The smallest absolute Gasteiger partial charge is 0.335 e. The lowest BCUT2D eigenvalue weighted by atomic mass is 9.91. The summed E-state index contributed by atoms with van der Waals surface area (Å²) in [6, 6.07) is 15.6. The van der Waals surface area contributed by atoms with E-state index in [4.69, 9.17) is 10.2 Å². The zero-order valence-corrected chi connectivity index (χ0v) is 15.7. The monoisotopic (exact) mass is 356 g/mol. The van der Waals surface area contributed by atoms with E-state index in [-0.39, 0.29) is 0 Å². The quantitative estimate of drug-likeness (QED) is 0.698. The molecule has 140 valence electrons. The highest BCUT2D eigenvalue weighted by atomic mass is 16.4. The van der Waals surface area contributed by atoms with Gasteiger partial charge in [0.2, 0.25) is 0 Å². The molecule has 0 radical (unpaired) electrons. The number of rotatable bonds is 7. The van der Waals surface area contributed by atoms with Crippen molar-refractivity contribution < 1.29 is 19.8 Å². The lowest BCUT2D eigenvalue weighted by molar-refractivity contribution is 0.0685. The maximum absolute atomic E-state index is 11.1. The number of hydrogen-bond donors (Lipinski definition) is 2. The van der Waals surface area contributed by atoms with E-state index in [0.717, 1.165) is 18.4 Å². The van der Waals surface area contributed by atoms with Gasteiger partial charge >= 0.3 is 11.9 Å². The van der Waals surface area contributed by atoms with Crippen LogP contribution in [0, 0.1) is 11.8 Å². The first-order chi connectivity index (χ1) is 12.3. The Morgan fingerprint density at radius 3 is 1.88 bits per heavy atom. The van der Waals surface area contributed by atoms with E-state index in [9.17, 15) is 9.59 Å². The van der Waals surface area contributed by atoms with Gasteiger partial charge in [0.15, 0.2) is 0 Å². The van der Waals surface area contributed by atoms with Crippen LogP contribution in [0.25, 0.3) is 0 Å². The van der Waals surface area contributed by atoms with Gasteiger partial charge in [0, 0.05) is 0 Å². The number of carboxylic acids is 2. The summed E-state index contributed by atoms with van der Waals surface area (Å²) in [4.78, 5) is 21.3. The number of carbonyl (C=O) groups is 2. The summed E-state index contributed by atoms with van der Waals surface area (Å²) in [5.74, 6) is -0.447. The Balaban J connectivity index is 0.000000314. The van der Waals surface area contributed by atoms with Crippen LogP contribution in [0.4, 0.5) is 0 Å². The third-order valence-corrected chi connectivity index (χ3v) is 4.07. The Hall–Kier alpha value is -2.62. The second kappa shape index (κ2) is 11.1. The minimum atomic E-state index is -0.879. The van der Waals surface area contributed by atoms with Gasteiger partial charge in [0.1, 0.15) is 0 Å². The molecule has 0 aliphatic carbocycles. The molecule has 0 spiro atoms. The normalized spacial score (nSPS) is 11.4. The van der Waals surface area contributed by atoms with Crippen LogP contribution in [0.3, 0.4) is 0 Å². The largest absolute Gasteiger partial charge is 0.478 e. The molecule has 2 aromatic rings. The highest BCUT2D eigenvalue weighted by Crippen LogP contribution is 2.19. The lowest BCUT2D eigenvalue weighted by Gasteiger charge is -2.14. The van der Waals surface area contributed by atoms with Crippen molar-refractivity contribution in [3.63, 3.8) is 0 Å². The zero-order chi connectivity index (χ0) is 19.5. The third-order valence-electron chi connectivity index (χ3n) is 4.07. The molecule has 0 aliphatic rings. The molecule has 0 saturated carbocycles. The Labute approximate surface area is 155 Å². The van der Waals surface area contributed by atoms with Gasteiger partial charge in [-0.1, -0.05) is 70.0 Å². The molecule has 0 amide bonds. The lowest BCUT2D eigenvalue weighted by Crippen LogP contribution is -2.07. The van der Waals surface area contributed by atoms with Gasteiger partial charge in [-0.3, -0.25) is 0 Å². The molecule has 0 bridgehead atoms. The van der Waals surface area contributed by atoms with E-state index in [1.54, 1.807) is 42.5 Å². The summed E-state index contributed by atoms with van der Waals surface area (Å²) < 4.78 is 0. The zero-order valence-electron chi connectivity index (χ0n) is 15.7. The highest BCUT2D eigenvalue weighted by molar-refractivity contribution is 5.89. The van der Waals surface area contributed by atoms with Crippen LogP contribution in [0.15, 0.2) is 54.6 Å². The SMILES string of the molecule is CC(C)CCC(C)Cc1ccccc1C(=O)O.O=C(O)c1ccccc1. The average Bonchev–Trinajstić information content (AvgIpc) is 2.61. The summed E-state index contributed by atoms with van der Waals surface area (Å²) in [7, 11) is 0. The molecular weight excluding hydrogens is 328 g/mol. The van der Waals surface area contributed by atoms with E-state index >= 15 is 0 Å². The maximum atomic E-state index is 11.1. The van der Waals surface area contributed by atoms with Gasteiger partial charge < -0.3 is 10.2 Å². The van der Waals surface area contributed by atoms with Crippen molar-refractivity contribution in [2.45, 2.75) is 40.0 Å². The van der Waals surface area contributed by atoms with E-state index in [1.165, 1.54) is 6.42 Å². The highest BCUT2D eigenvalue weighted by Gasteiger charge is 2.12. The fourth-order valence-corrected chi connectivity index (χ4v) is 2.58. The standard InChI is InChI=1S/C15H22O2.C7H6O2/c1-11(2)8-9-12(3)10-13-6-4-5-7-14(13)15(16)17;8-7(9)6-4-2-1-3-5-6/h4-7,11-12H,8-10H2,1-3H3,(H,16,17);1-5H,(H,8,9). The predicted octanol–water partition coefficient (Wildman–Crippen LogP) is 5.38. The van der Waals surface area contributed by atoms with Crippen LogP contribution in [-0.2, 0) is 6.42 Å². The van der Waals surface area contributed by atoms with Gasteiger partial charge in [-0.25, -0.2) is 9.59 Å². The maximum Gasteiger partial charge on any atom is 0.335 e. The molecule has 0 saturated heterocycles. The van der Waals surface area contributed by atoms with E-state index < -0.39 is 11.9 Å². The number of carboxylic acid groups (broad SMARTS) is 2. The summed E-state index contributed by atoms with van der Waals surface area (Å²) in [5, 5.41) is 17.5. The molecule has 1 unspecified atom stereocenters. The Morgan fingerprint density at radius 1 is 0.808 bits per heavy atom. The van der Waals surface area contributed by atoms with Crippen LogP contribution in [0.1, 0.15) is 59.9 Å². The molecule has 2 N–H and O–H groups in total. The van der Waals surface area contributed by atoms with Crippen molar-refractivity contribution in [1.29, 1.82) is 0 Å². The third kappa shape index (κ3) is 7.97. The molecule has 2 rings (SSSR count). The van der Waals surface area contributed by atoms with Crippen molar-refractivity contribution in [2.24, 2.45) is 11.8 Å². The number of benzene rings is 2. The molecule has 0 heterocycles. The van der Waals surface area contributed by atoms with Crippen LogP contribution in [0.5, 0.6) is 0 Å². The summed E-state index contributed by atoms with van der Waals surface area (Å²) in [6.45, 7) is 6.64. The Morgan fingerprint density at radius 2 is 1.38 bits per heavy atom. The van der Waals surface area contributed by atoms with Crippen LogP contribution in [-0.4, -0.2) is 22.2 Å². The van der Waals surface area contributed by atoms with Gasteiger partial charge in [-0.2, -0.15) is 0 Å². The Kier molecular flexibility index (Phi) is 9.13. The van der Waals surface area contributed by atoms with Crippen molar-refractivity contribution in [1.82, 2.24) is 0 Å². The minimum Gasteiger partial charge on any atom is -0.478 e. The van der Waals surface area contributed by atoms with E-state index in [1.807, 2.05) is 12.1 Å². The molecular formula is C22H28O4. The Bertz CT molecular complexity index is 692. The van der Waals surface area contributed by atoms with Crippen molar-refractivity contribution in [3.8, 4) is 0 Å². The molecule has 26 heavy (non-hydrogen) atoms. The fourth-order valence-electron chi connectivity index (χ4n) is 2.58. The molecule has 4 heteroatoms. The molecule has 0 aliphatic heterocycles. The fraction of sp³-hybridized carbons (Fsp3) is 0.364. The molecule has 1 atom stereocenters. The second-order valence-corrected chi connectivity index (χ2v) is 6.91. The molecule has 0 fully saturated rings. The van der Waals surface area contributed by atoms with Gasteiger partial charge in [-0.05, 0) is 42.0 Å². The van der Waals surface area contributed by atoms with Gasteiger partial charge in [0.25, 0.3) is 0 Å². The summed E-state index contributed by atoms with van der Waals surface area (Å²) in [6.07, 6.45) is 3.22. The first-order valence-corrected chi connectivity index (χ1v) is 8.90. The van der Waals surface area contributed by atoms with Crippen molar-refractivity contribution in [2.75, 3.05) is 0 Å². The van der Waals surface area contributed by atoms with Gasteiger partial charge in [0.05, 0.1) is 11.1 Å². The number of hydrogen-bond acceptors (Lipinski definition) is 2. The van der Waals surface area contributed by atoms with Crippen LogP contribution in [0.2, 0.25) is 0 Å². The summed E-state index contributed by atoms with van der Waals surface area (Å²) >= 11 is 0. The molecule has 0 aromatic heterocycles. The van der Waals surface area contributed by atoms with Crippen LogP contribution < -0.4 is 0 Å². The second-order valence-electron chi connectivity index (χ2n) is 6.91. The molecule has 4 nitrogen and oxygen atoms in total. The summed E-state index contributed by atoms with van der Waals surface area (Å²) in [5.41, 5.74) is 1.73. The first kappa shape index (κ1) is 21.4. The first-order valence-electron chi connectivity index (χ1n) is 8.90. The number of aromatic carboxylic acids is 2. The predicted molar refractivity (Wildman–Crippen MR) is 104 cm³/mol.